The summed E-state index contributed by atoms with van der Waals surface area (Å²) in [5.41, 5.74) is 1.94. The fourth-order valence-electron chi connectivity index (χ4n) is 3.00. The van der Waals surface area contributed by atoms with Crippen molar-refractivity contribution in [3.63, 3.8) is 0 Å². The summed E-state index contributed by atoms with van der Waals surface area (Å²) in [5.74, 6) is -0.0605. The molecule has 122 valence electrons. The molecule has 0 bridgehead atoms. The Kier molecular flexibility index (Phi) is 4.34. The molecule has 1 aliphatic rings. The molecule has 1 N–H and O–H groups in total. The summed E-state index contributed by atoms with van der Waals surface area (Å²) in [6, 6.07) is 10.1. The quantitative estimate of drug-likeness (QED) is 0.939. The van der Waals surface area contributed by atoms with Crippen LogP contribution in [0.2, 0.25) is 0 Å². The molecular weight excluding hydrogens is 306 g/mol. The Morgan fingerprint density at radius 1 is 1.33 bits per heavy atom. The van der Waals surface area contributed by atoms with Gasteiger partial charge in [0.25, 0.3) is 11.5 Å². The first-order valence-electron chi connectivity index (χ1n) is 7.76. The van der Waals surface area contributed by atoms with Gasteiger partial charge in [0.2, 0.25) is 0 Å². The number of fused-ring (bicyclic) bond motifs is 1. The highest BCUT2D eigenvalue weighted by Gasteiger charge is 2.24. The van der Waals surface area contributed by atoms with Crippen LogP contribution in [0.5, 0.6) is 5.75 Å². The second kappa shape index (κ2) is 6.59. The molecule has 0 unspecified atom stereocenters. The number of carbonyl (C=O) groups excluding carboxylic acids is 1. The van der Waals surface area contributed by atoms with Gasteiger partial charge in [-0.05, 0) is 37.5 Å². The zero-order valence-corrected chi connectivity index (χ0v) is 13.3. The van der Waals surface area contributed by atoms with Crippen molar-refractivity contribution in [1.29, 1.82) is 5.26 Å². The lowest BCUT2D eigenvalue weighted by molar-refractivity contribution is 0.102. The lowest BCUT2D eigenvalue weighted by Crippen LogP contribution is -2.30. The van der Waals surface area contributed by atoms with E-state index in [1.165, 1.54) is 13.2 Å². The maximum Gasteiger partial charge on any atom is 0.261 e. The second-order valence-electron chi connectivity index (χ2n) is 5.63. The van der Waals surface area contributed by atoms with Crippen molar-refractivity contribution in [2.24, 2.45) is 0 Å². The van der Waals surface area contributed by atoms with Crippen molar-refractivity contribution in [1.82, 2.24) is 4.57 Å². The molecule has 1 aromatic carbocycles. The first kappa shape index (κ1) is 15.8. The third-order valence-corrected chi connectivity index (χ3v) is 4.12. The van der Waals surface area contributed by atoms with Crippen LogP contribution in [0.25, 0.3) is 0 Å². The van der Waals surface area contributed by atoms with Gasteiger partial charge in [-0.25, -0.2) is 0 Å². The molecule has 6 heteroatoms. The van der Waals surface area contributed by atoms with Gasteiger partial charge < -0.3 is 14.6 Å². The molecule has 0 radical (unpaired) electrons. The topological polar surface area (TPSA) is 84.1 Å². The number of hydrogen-bond donors (Lipinski definition) is 1. The highest BCUT2D eigenvalue weighted by molar-refractivity contribution is 6.07. The van der Waals surface area contributed by atoms with Gasteiger partial charge in [-0.3, -0.25) is 9.59 Å². The van der Waals surface area contributed by atoms with E-state index >= 15 is 0 Å². The van der Waals surface area contributed by atoms with E-state index in [0.717, 1.165) is 12.8 Å². The maximum absolute atomic E-state index is 12.8. The van der Waals surface area contributed by atoms with Crippen LogP contribution < -0.4 is 15.6 Å². The molecule has 1 aliphatic heterocycles. The average Bonchev–Trinajstić information content (AvgIpc) is 2.61. The highest BCUT2D eigenvalue weighted by Crippen LogP contribution is 2.26. The number of methoxy groups -OCH3 is 1. The van der Waals surface area contributed by atoms with Gasteiger partial charge in [0.05, 0.1) is 18.7 Å². The fourth-order valence-corrected chi connectivity index (χ4v) is 3.00. The number of nitrogens with one attached hydrogen (secondary N) is 1. The number of rotatable bonds is 3. The van der Waals surface area contributed by atoms with E-state index < -0.39 is 0 Å². The molecule has 6 nitrogen and oxygen atoms in total. The predicted molar refractivity (Wildman–Crippen MR) is 89.3 cm³/mol. The number of aromatic nitrogens is 1. The molecule has 2 aromatic rings. The number of benzene rings is 1. The van der Waals surface area contributed by atoms with E-state index in [9.17, 15) is 9.59 Å². The largest absolute Gasteiger partial charge is 0.496 e. The van der Waals surface area contributed by atoms with Gasteiger partial charge in [-0.1, -0.05) is 6.07 Å². The first-order chi connectivity index (χ1) is 11.6. The zero-order chi connectivity index (χ0) is 17.1. The van der Waals surface area contributed by atoms with Crippen LogP contribution in [0.4, 0.5) is 5.69 Å². The standard InChI is InChI=1S/C18H17N3O3/c1-24-15-10-16(22)21-8-3-2-7-14(21)17(15)18(23)20-13-6-4-5-12(9-13)11-19/h4-6,9-10H,2-3,7-8H2,1H3,(H,20,23). The third-order valence-electron chi connectivity index (χ3n) is 4.12. The summed E-state index contributed by atoms with van der Waals surface area (Å²) in [4.78, 5) is 25.0. The van der Waals surface area contributed by atoms with Crippen LogP contribution in [0.15, 0.2) is 35.1 Å². The lowest BCUT2D eigenvalue weighted by Gasteiger charge is -2.22. The zero-order valence-electron chi connectivity index (χ0n) is 13.3. The number of carbonyl (C=O) groups is 1. The van der Waals surface area contributed by atoms with Gasteiger partial charge in [-0.2, -0.15) is 5.26 Å². The van der Waals surface area contributed by atoms with Crippen molar-refractivity contribution in [3.05, 3.63) is 57.5 Å². The minimum Gasteiger partial charge on any atom is -0.496 e. The highest BCUT2D eigenvalue weighted by atomic mass is 16.5. The normalized spacial score (nSPS) is 12.8. The fraction of sp³-hybridized carbons (Fsp3) is 0.278. The van der Waals surface area contributed by atoms with Gasteiger partial charge in [0.15, 0.2) is 0 Å². The smallest absolute Gasteiger partial charge is 0.261 e. The lowest BCUT2D eigenvalue weighted by atomic mass is 10.0. The van der Waals surface area contributed by atoms with Crippen LogP contribution in [-0.2, 0) is 13.0 Å². The summed E-state index contributed by atoms with van der Waals surface area (Å²) in [6.45, 7) is 0.613. The number of nitrogens with zero attached hydrogens (tertiary/aromatic N) is 2. The minimum absolute atomic E-state index is 0.149. The van der Waals surface area contributed by atoms with Crippen LogP contribution in [0.3, 0.4) is 0 Å². The number of nitriles is 1. The summed E-state index contributed by atoms with van der Waals surface area (Å²) in [7, 11) is 1.45. The Balaban J connectivity index is 2.03. The van der Waals surface area contributed by atoms with Gasteiger partial charge in [0, 0.05) is 24.0 Å². The van der Waals surface area contributed by atoms with Crippen LogP contribution >= 0.6 is 0 Å². The van der Waals surface area contributed by atoms with E-state index in [2.05, 4.69) is 5.32 Å². The number of ether oxygens (including phenoxy) is 1. The van der Waals surface area contributed by atoms with Crippen molar-refractivity contribution in [2.45, 2.75) is 25.8 Å². The monoisotopic (exact) mass is 323 g/mol. The van der Waals surface area contributed by atoms with Gasteiger partial charge >= 0.3 is 0 Å². The molecule has 3 rings (SSSR count). The molecule has 0 saturated heterocycles. The first-order valence-corrected chi connectivity index (χ1v) is 7.76. The summed E-state index contributed by atoms with van der Waals surface area (Å²) in [6.07, 6.45) is 2.51. The molecule has 0 atom stereocenters. The van der Waals surface area contributed by atoms with Gasteiger partial charge in [0.1, 0.15) is 11.3 Å². The number of hydrogen-bond acceptors (Lipinski definition) is 4. The van der Waals surface area contributed by atoms with Crippen molar-refractivity contribution in [3.8, 4) is 11.8 Å². The maximum atomic E-state index is 12.8. The van der Waals surface area contributed by atoms with E-state index in [4.69, 9.17) is 10.00 Å². The van der Waals surface area contributed by atoms with E-state index in [1.54, 1.807) is 28.8 Å². The average molecular weight is 323 g/mol. The number of amides is 1. The Morgan fingerprint density at radius 3 is 2.92 bits per heavy atom. The molecule has 2 heterocycles. The number of pyridine rings is 1. The van der Waals surface area contributed by atoms with Crippen molar-refractivity contribution >= 4 is 11.6 Å². The molecule has 0 aliphatic carbocycles. The van der Waals surface area contributed by atoms with Gasteiger partial charge in [-0.15, -0.1) is 0 Å². The van der Waals surface area contributed by atoms with Crippen molar-refractivity contribution in [2.75, 3.05) is 12.4 Å². The van der Waals surface area contributed by atoms with Crippen LogP contribution in [-0.4, -0.2) is 17.6 Å². The molecular formula is C18H17N3O3. The second-order valence-corrected chi connectivity index (χ2v) is 5.63. The predicted octanol–water partition coefficient (Wildman–Crippen LogP) is 2.32. The molecule has 24 heavy (non-hydrogen) atoms. The summed E-state index contributed by atoms with van der Waals surface area (Å²) >= 11 is 0. The Bertz CT molecular complexity index is 893. The molecule has 0 spiro atoms. The summed E-state index contributed by atoms with van der Waals surface area (Å²) < 4.78 is 6.91. The summed E-state index contributed by atoms with van der Waals surface area (Å²) in [5, 5.41) is 11.8. The minimum atomic E-state index is -0.340. The molecule has 0 saturated carbocycles. The van der Waals surface area contributed by atoms with E-state index in [1.807, 2.05) is 6.07 Å². The Morgan fingerprint density at radius 2 is 2.17 bits per heavy atom. The van der Waals surface area contributed by atoms with E-state index in [0.29, 0.717) is 35.5 Å². The number of anilines is 1. The third kappa shape index (κ3) is 2.88. The Labute approximate surface area is 139 Å². The Hall–Kier alpha value is -3.07. The van der Waals surface area contributed by atoms with Crippen LogP contribution in [0.1, 0.15) is 34.5 Å². The molecule has 0 fully saturated rings. The van der Waals surface area contributed by atoms with Crippen LogP contribution in [0, 0.1) is 11.3 Å². The molecule has 1 amide bonds. The molecule has 1 aromatic heterocycles. The van der Waals surface area contributed by atoms with E-state index in [-0.39, 0.29) is 17.2 Å². The SMILES string of the molecule is COc1cc(=O)n2c(c1C(=O)Nc1cccc(C#N)c1)CCCC2. The van der Waals surface area contributed by atoms with Crippen molar-refractivity contribution < 1.29 is 9.53 Å².